The summed E-state index contributed by atoms with van der Waals surface area (Å²) in [6.45, 7) is 1.68. The summed E-state index contributed by atoms with van der Waals surface area (Å²) < 4.78 is 0. The molecule has 0 bridgehead atoms. The van der Waals surface area contributed by atoms with Crippen molar-refractivity contribution >= 4 is 40.9 Å². The molecule has 1 unspecified atom stereocenters. The standard InChI is InChI=1S/C18H23N3O3S2/c22-15-10-13(11-20(15)6-3-14-2-1-7-26-14)12-21-16(23)18(19-17(21)24)4-8-25-9-5-18/h1-2,7,13H,3-6,8-12H2,(H,19,24). The third-order valence-electron chi connectivity index (χ3n) is 5.54. The third-order valence-corrected chi connectivity index (χ3v) is 7.46. The Hall–Kier alpha value is -1.54. The number of carbonyl (C=O) groups is 3. The Labute approximate surface area is 161 Å². The van der Waals surface area contributed by atoms with Gasteiger partial charge < -0.3 is 10.2 Å². The van der Waals surface area contributed by atoms with E-state index in [1.807, 2.05) is 28.1 Å². The third kappa shape index (κ3) is 3.36. The number of thiophene rings is 1. The molecule has 3 aliphatic rings. The zero-order chi connectivity index (χ0) is 18.1. The van der Waals surface area contributed by atoms with Crippen molar-refractivity contribution in [2.45, 2.75) is 31.2 Å². The predicted molar refractivity (Wildman–Crippen MR) is 102 cm³/mol. The lowest BCUT2D eigenvalue weighted by Gasteiger charge is -2.30. The number of thioether (sulfide) groups is 1. The molecule has 1 aromatic rings. The highest BCUT2D eigenvalue weighted by Gasteiger charge is 2.52. The second-order valence-electron chi connectivity index (χ2n) is 7.28. The van der Waals surface area contributed by atoms with Crippen LogP contribution in [0.5, 0.6) is 0 Å². The summed E-state index contributed by atoms with van der Waals surface area (Å²) in [7, 11) is 0. The van der Waals surface area contributed by atoms with Gasteiger partial charge in [0.1, 0.15) is 5.54 Å². The number of nitrogens with one attached hydrogen (secondary N) is 1. The normalized spacial score (nSPS) is 25.4. The zero-order valence-corrected chi connectivity index (χ0v) is 16.2. The van der Waals surface area contributed by atoms with Gasteiger partial charge in [-0.1, -0.05) is 6.07 Å². The number of hydrogen-bond donors (Lipinski definition) is 1. The minimum absolute atomic E-state index is 0.0358. The smallest absolute Gasteiger partial charge is 0.325 e. The lowest BCUT2D eigenvalue weighted by Crippen LogP contribution is -2.49. The van der Waals surface area contributed by atoms with E-state index in [1.165, 1.54) is 9.78 Å². The topological polar surface area (TPSA) is 69.7 Å². The number of imide groups is 1. The number of likely N-dealkylation sites (tertiary alicyclic amines) is 1. The molecule has 0 aliphatic carbocycles. The molecule has 3 fully saturated rings. The molecular weight excluding hydrogens is 370 g/mol. The molecule has 3 saturated heterocycles. The SMILES string of the molecule is O=C1CC(CN2C(=O)NC3(CCSCC3)C2=O)CN1CCc1cccs1. The van der Waals surface area contributed by atoms with E-state index in [0.717, 1.165) is 17.9 Å². The molecular formula is C18H23N3O3S2. The second-order valence-corrected chi connectivity index (χ2v) is 9.54. The molecule has 4 heterocycles. The first-order valence-corrected chi connectivity index (χ1v) is 11.1. The minimum Gasteiger partial charge on any atom is -0.342 e. The number of urea groups is 1. The van der Waals surface area contributed by atoms with Gasteiger partial charge in [0, 0.05) is 36.9 Å². The molecule has 3 aliphatic heterocycles. The van der Waals surface area contributed by atoms with Gasteiger partial charge in [-0.15, -0.1) is 11.3 Å². The molecule has 4 rings (SSSR count). The molecule has 26 heavy (non-hydrogen) atoms. The van der Waals surface area contributed by atoms with E-state index in [-0.39, 0.29) is 23.8 Å². The Morgan fingerprint density at radius 3 is 2.77 bits per heavy atom. The maximum Gasteiger partial charge on any atom is 0.325 e. The van der Waals surface area contributed by atoms with Gasteiger partial charge >= 0.3 is 6.03 Å². The van der Waals surface area contributed by atoms with E-state index < -0.39 is 5.54 Å². The van der Waals surface area contributed by atoms with E-state index in [9.17, 15) is 14.4 Å². The van der Waals surface area contributed by atoms with Crippen LogP contribution in [0.3, 0.4) is 0 Å². The van der Waals surface area contributed by atoms with E-state index >= 15 is 0 Å². The highest BCUT2D eigenvalue weighted by Crippen LogP contribution is 2.33. The van der Waals surface area contributed by atoms with Gasteiger partial charge in [0.2, 0.25) is 5.91 Å². The molecule has 1 atom stereocenters. The first-order chi connectivity index (χ1) is 12.6. The van der Waals surface area contributed by atoms with Crippen LogP contribution in [0.2, 0.25) is 0 Å². The van der Waals surface area contributed by atoms with Crippen LogP contribution in [0.15, 0.2) is 17.5 Å². The van der Waals surface area contributed by atoms with Crippen molar-refractivity contribution in [1.29, 1.82) is 0 Å². The van der Waals surface area contributed by atoms with E-state index in [4.69, 9.17) is 0 Å². The van der Waals surface area contributed by atoms with Gasteiger partial charge in [0.15, 0.2) is 0 Å². The van der Waals surface area contributed by atoms with Gasteiger partial charge in [-0.25, -0.2) is 4.79 Å². The van der Waals surface area contributed by atoms with Crippen LogP contribution in [0.4, 0.5) is 4.79 Å². The lowest BCUT2D eigenvalue weighted by atomic mass is 9.92. The molecule has 140 valence electrons. The average Bonchev–Trinajstić information content (AvgIpc) is 3.31. The Morgan fingerprint density at radius 2 is 2.04 bits per heavy atom. The van der Waals surface area contributed by atoms with Crippen LogP contribution in [0.25, 0.3) is 0 Å². The predicted octanol–water partition coefficient (Wildman–Crippen LogP) is 1.96. The van der Waals surface area contributed by atoms with Gasteiger partial charge in [-0.05, 0) is 42.2 Å². The molecule has 6 nitrogen and oxygen atoms in total. The number of carbonyl (C=O) groups excluding carboxylic acids is 3. The lowest BCUT2D eigenvalue weighted by molar-refractivity contribution is -0.132. The van der Waals surface area contributed by atoms with Gasteiger partial charge in [-0.2, -0.15) is 11.8 Å². The number of rotatable bonds is 5. The summed E-state index contributed by atoms with van der Waals surface area (Å²) in [6.07, 6.45) is 2.69. The quantitative estimate of drug-likeness (QED) is 0.777. The van der Waals surface area contributed by atoms with Gasteiger partial charge in [0.25, 0.3) is 5.91 Å². The first-order valence-electron chi connectivity index (χ1n) is 9.09. The second kappa shape index (κ2) is 7.23. The summed E-state index contributed by atoms with van der Waals surface area (Å²) in [5, 5.41) is 4.98. The molecule has 0 saturated carbocycles. The fourth-order valence-electron chi connectivity index (χ4n) is 4.05. The van der Waals surface area contributed by atoms with E-state index in [0.29, 0.717) is 38.9 Å². The Bertz CT molecular complexity index is 701. The highest BCUT2D eigenvalue weighted by molar-refractivity contribution is 7.99. The molecule has 1 spiro atoms. The van der Waals surface area contributed by atoms with Crippen LogP contribution >= 0.6 is 23.1 Å². The van der Waals surface area contributed by atoms with Crippen LogP contribution in [-0.4, -0.2) is 64.3 Å². The molecule has 0 radical (unpaired) electrons. The molecule has 0 aromatic carbocycles. The molecule has 1 N–H and O–H groups in total. The van der Waals surface area contributed by atoms with Gasteiger partial charge in [0.05, 0.1) is 0 Å². The maximum absolute atomic E-state index is 12.9. The summed E-state index contributed by atoms with van der Waals surface area (Å²) in [5.41, 5.74) is -0.691. The average molecular weight is 394 g/mol. The maximum atomic E-state index is 12.9. The van der Waals surface area contributed by atoms with Crippen molar-refractivity contribution in [1.82, 2.24) is 15.1 Å². The fraction of sp³-hybridized carbons (Fsp3) is 0.611. The van der Waals surface area contributed by atoms with Crippen molar-refractivity contribution in [2.75, 3.05) is 31.1 Å². The van der Waals surface area contributed by atoms with Crippen LogP contribution in [0, 0.1) is 5.92 Å². The Balaban J connectivity index is 1.35. The van der Waals surface area contributed by atoms with Crippen LogP contribution in [-0.2, 0) is 16.0 Å². The largest absolute Gasteiger partial charge is 0.342 e. The van der Waals surface area contributed by atoms with Crippen LogP contribution in [0.1, 0.15) is 24.1 Å². The van der Waals surface area contributed by atoms with Crippen molar-refractivity contribution in [3.63, 3.8) is 0 Å². The number of amides is 4. The summed E-state index contributed by atoms with van der Waals surface area (Å²) in [4.78, 5) is 42.0. The Morgan fingerprint density at radius 1 is 1.23 bits per heavy atom. The van der Waals surface area contributed by atoms with Crippen molar-refractivity contribution in [3.05, 3.63) is 22.4 Å². The van der Waals surface area contributed by atoms with Crippen molar-refractivity contribution in [3.8, 4) is 0 Å². The van der Waals surface area contributed by atoms with E-state index in [2.05, 4.69) is 11.4 Å². The van der Waals surface area contributed by atoms with E-state index in [1.54, 1.807) is 11.3 Å². The first kappa shape index (κ1) is 17.9. The molecule has 4 amide bonds. The monoisotopic (exact) mass is 393 g/mol. The summed E-state index contributed by atoms with van der Waals surface area (Å²) in [6, 6.07) is 3.82. The molecule has 8 heteroatoms. The zero-order valence-electron chi connectivity index (χ0n) is 14.6. The van der Waals surface area contributed by atoms with Crippen molar-refractivity contribution < 1.29 is 14.4 Å². The fourth-order valence-corrected chi connectivity index (χ4v) is 5.94. The Kier molecular flexibility index (Phi) is 4.96. The number of nitrogens with zero attached hydrogens (tertiary/aromatic N) is 2. The highest BCUT2D eigenvalue weighted by atomic mass is 32.2. The summed E-state index contributed by atoms with van der Waals surface area (Å²) in [5.74, 6) is 1.87. The van der Waals surface area contributed by atoms with Gasteiger partial charge in [-0.3, -0.25) is 14.5 Å². The van der Waals surface area contributed by atoms with Crippen LogP contribution < -0.4 is 5.32 Å². The number of hydrogen-bond acceptors (Lipinski definition) is 5. The molecule has 1 aromatic heterocycles. The van der Waals surface area contributed by atoms with Crippen molar-refractivity contribution in [2.24, 2.45) is 5.92 Å². The summed E-state index contributed by atoms with van der Waals surface area (Å²) >= 11 is 3.53. The minimum atomic E-state index is -0.691.